The zero-order valence-electron chi connectivity index (χ0n) is 10.7. The molecule has 0 atom stereocenters. The first-order valence-corrected chi connectivity index (χ1v) is 5.89. The van der Waals surface area contributed by atoms with E-state index in [1.54, 1.807) is 13.0 Å². The summed E-state index contributed by atoms with van der Waals surface area (Å²) < 4.78 is 5.09. The summed E-state index contributed by atoms with van der Waals surface area (Å²) in [6.45, 7) is 6.71. The molecule has 0 radical (unpaired) electrons. The zero-order valence-corrected chi connectivity index (χ0v) is 10.7. The molecule has 0 fully saturated rings. The van der Waals surface area contributed by atoms with Gasteiger partial charge in [-0.05, 0) is 31.2 Å². The fourth-order valence-electron chi connectivity index (χ4n) is 1.68. The highest BCUT2D eigenvalue weighted by Crippen LogP contribution is 2.21. The SMILES string of the molecule is Cc1occc1C(=O)NCC(C)(C)CCCO. The quantitative estimate of drug-likeness (QED) is 0.799. The normalized spacial score (nSPS) is 11.5. The van der Waals surface area contributed by atoms with Crippen molar-refractivity contribution >= 4 is 5.91 Å². The molecule has 1 aromatic heterocycles. The first-order chi connectivity index (χ1) is 7.96. The van der Waals surface area contributed by atoms with Gasteiger partial charge >= 0.3 is 0 Å². The van der Waals surface area contributed by atoms with E-state index in [4.69, 9.17) is 9.52 Å². The van der Waals surface area contributed by atoms with Crippen molar-refractivity contribution in [2.45, 2.75) is 33.6 Å². The van der Waals surface area contributed by atoms with Crippen molar-refractivity contribution in [3.63, 3.8) is 0 Å². The van der Waals surface area contributed by atoms with E-state index < -0.39 is 0 Å². The van der Waals surface area contributed by atoms with Crippen LogP contribution in [0.25, 0.3) is 0 Å². The third-order valence-electron chi connectivity index (χ3n) is 2.84. The highest BCUT2D eigenvalue weighted by Gasteiger charge is 2.19. The molecular formula is C13H21NO3. The Hall–Kier alpha value is -1.29. The number of rotatable bonds is 6. The van der Waals surface area contributed by atoms with Gasteiger partial charge < -0.3 is 14.8 Å². The van der Waals surface area contributed by atoms with Gasteiger partial charge in [0.25, 0.3) is 5.91 Å². The Labute approximate surface area is 102 Å². The fourth-order valence-corrected chi connectivity index (χ4v) is 1.68. The molecule has 1 heterocycles. The van der Waals surface area contributed by atoms with Crippen molar-refractivity contribution in [2.24, 2.45) is 5.41 Å². The molecule has 0 aliphatic heterocycles. The van der Waals surface area contributed by atoms with E-state index in [1.807, 2.05) is 0 Å². The second-order valence-electron chi connectivity index (χ2n) is 5.06. The lowest BCUT2D eigenvalue weighted by molar-refractivity contribution is 0.0931. The average molecular weight is 239 g/mol. The summed E-state index contributed by atoms with van der Waals surface area (Å²) in [5, 5.41) is 11.7. The summed E-state index contributed by atoms with van der Waals surface area (Å²) in [6, 6.07) is 1.67. The van der Waals surface area contributed by atoms with Crippen LogP contribution in [0.2, 0.25) is 0 Å². The van der Waals surface area contributed by atoms with Crippen LogP contribution in [0, 0.1) is 12.3 Å². The van der Waals surface area contributed by atoms with Crippen LogP contribution in [-0.4, -0.2) is 24.2 Å². The van der Waals surface area contributed by atoms with Gasteiger partial charge in [-0.15, -0.1) is 0 Å². The lowest BCUT2D eigenvalue weighted by Crippen LogP contribution is -2.34. The molecule has 2 N–H and O–H groups in total. The van der Waals surface area contributed by atoms with Gasteiger partial charge in [0.05, 0.1) is 11.8 Å². The maximum atomic E-state index is 11.8. The minimum absolute atomic E-state index is 0.00394. The summed E-state index contributed by atoms with van der Waals surface area (Å²) in [5.41, 5.74) is 0.582. The van der Waals surface area contributed by atoms with Crippen LogP contribution in [-0.2, 0) is 0 Å². The monoisotopic (exact) mass is 239 g/mol. The second kappa shape index (κ2) is 5.87. The van der Waals surface area contributed by atoms with Crippen LogP contribution in [0.5, 0.6) is 0 Å². The number of hydrogen-bond donors (Lipinski definition) is 2. The van der Waals surface area contributed by atoms with Crippen molar-refractivity contribution in [1.29, 1.82) is 0 Å². The highest BCUT2D eigenvalue weighted by molar-refractivity contribution is 5.95. The predicted octanol–water partition coefficient (Wildman–Crippen LogP) is 2.12. The lowest BCUT2D eigenvalue weighted by Gasteiger charge is -2.24. The van der Waals surface area contributed by atoms with Crippen LogP contribution in [0.15, 0.2) is 16.7 Å². The Morgan fingerprint density at radius 3 is 2.76 bits per heavy atom. The van der Waals surface area contributed by atoms with E-state index in [0.29, 0.717) is 17.9 Å². The number of aliphatic hydroxyl groups excluding tert-OH is 1. The number of amides is 1. The van der Waals surface area contributed by atoms with Gasteiger partial charge in [-0.3, -0.25) is 4.79 Å². The molecule has 0 bridgehead atoms. The van der Waals surface area contributed by atoms with Gasteiger partial charge in [-0.2, -0.15) is 0 Å². The summed E-state index contributed by atoms with van der Waals surface area (Å²) in [6.07, 6.45) is 3.16. The lowest BCUT2D eigenvalue weighted by atomic mass is 9.88. The molecule has 0 aliphatic rings. The van der Waals surface area contributed by atoms with E-state index in [1.165, 1.54) is 6.26 Å². The topological polar surface area (TPSA) is 62.5 Å². The summed E-state index contributed by atoms with van der Waals surface area (Å²) in [7, 11) is 0. The van der Waals surface area contributed by atoms with E-state index in [2.05, 4.69) is 19.2 Å². The van der Waals surface area contributed by atoms with Crippen molar-refractivity contribution in [3.05, 3.63) is 23.7 Å². The first-order valence-electron chi connectivity index (χ1n) is 5.89. The Bertz CT molecular complexity index is 368. The first kappa shape index (κ1) is 13.8. The molecule has 4 heteroatoms. The number of aryl methyl sites for hydroxylation is 1. The van der Waals surface area contributed by atoms with E-state index in [-0.39, 0.29) is 17.9 Å². The molecule has 0 saturated carbocycles. The molecule has 4 nitrogen and oxygen atoms in total. The van der Waals surface area contributed by atoms with Crippen molar-refractivity contribution in [3.8, 4) is 0 Å². The molecule has 96 valence electrons. The van der Waals surface area contributed by atoms with Crippen LogP contribution in [0.1, 0.15) is 42.8 Å². The van der Waals surface area contributed by atoms with Gasteiger partial charge in [0.15, 0.2) is 0 Å². The van der Waals surface area contributed by atoms with Crippen LogP contribution in [0.4, 0.5) is 0 Å². The minimum atomic E-state index is -0.103. The van der Waals surface area contributed by atoms with E-state index >= 15 is 0 Å². The largest absolute Gasteiger partial charge is 0.469 e. The number of hydrogen-bond acceptors (Lipinski definition) is 3. The number of nitrogens with one attached hydrogen (secondary N) is 1. The number of aliphatic hydroxyl groups is 1. The zero-order chi connectivity index (χ0) is 12.9. The molecular weight excluding hydrogens is 218 g/mol. The molecule has 17 heavy (non-hydrogen) atoms. The van der Waals surface area contributed by atoms with Gasteiger partial charge in [0, 0.05) is 13.2 Å². The van der Waals surface area contributed by atoms with Gasteiger partial charge in [0.2, 0.25) is 0 Å². The number of carbonyl (C=O) groups excluding carboxylic acids is 1. The molecule has 1 amide bonds. The third-order valence-corrected chi connectivity index (χ3v) is 2.84. The molecule has 0 aliphatic carbocycles. The Balaban J connectivity index is 2.45. The number of furan rings is 1. The standard InChI is InChI=1S/C13H21NO3/c1-10-11(5-8-17-10)12(16)14-9-13(2,3)6-4-7-15/h5,8,15H,4,6-7,9H2,1-3H3,(H,14,16). The molecule has 0 saturated heterocycles. The van der Waals surface area contributed by atoms with E-state index in [9.17, 15) is 4.79 Å². The van der Waals surface area contributed by atoms with Crippen LogP contribution >= 0.6 is 0 Å². The van der Waals surface area contributed by atoms with Gasteiger partial charge in [-0.1, -0.05) is 13.8 Å². The Morgan fingerprint density at radius 2 is 2.24 bits per heavy atom. The molecule has 1 aromatic rings. The van der Waals surface area contributed by atoms with Crippen LogP contribution < -0.4 is 5.32 Å². The average Bonchev–Trinajstić information content (AvgIpc) is 2.70. The van der Waals surface area contributed by atoms with E-state index in [0.717, 1.165) is 12.8 Å². The predicted molar refractivity (Wildman–Crippen MR) is 65.9 cm³/mol. The number of carbonyl (C=O) groups is 1. The van der Waals surface area contributed by atoms with Crippen molar-refractivity contribution < 1.29 is 14.3 Å². The second-order valence-corrected chi connectivity index (χ2v) is 5.06. The molecule has 0 unspecified atom stereocenters. The Morgan fingerprint density at radius 1 is 1.53 bits per heavy atom. The van der Waals surface area contributed by atoms with Crippen molar-refractivity contribution in [1.82, 2.24) is 5.32 Å². The summed E-state index contributed by atoms with van der Waals surface area (Å²) >= 11 is 0. The smallest absolute Gasteiger partial charge is 0.254 e. The fraction of sp³-hybridized carbons (Fsp3) is 0.615. The maximum Gasteiger partial charge on any atom is 0.254 e. The highest BCUT2D eigenvalue weighted by atomic mass is 16.3. The molecule has 1 rings (SSSR count). The Kier molecular flexibility index (Phi) is 4.75. The van der Waals surface area contributed by atoms with Gasteiger partial charge in [-0.25, -0.2) is 0 Å². The summed E-state index contributed by atoms with van der Waals surface area (Å²) in [5.74, 6) is 0.531. The minimum Gasteiger partial charge on any atom is -0.469 e. The third kappa shape index (κ3) is 4.23. The maximum absolute atomic E-state index is 11.8. The van der Waals surface area contributed by atoms with Gasteiger partial charge in [0.1, 0.15) is 5.76 Å². The summed E-state index contributed by atoms with van der Waals surface area (Å²) in [4.78, 5) is 11.8. The molecule has 0 spiro atoms. The molecule has 0 aromatic carbocycles. The van der Waals surface area contributed by atoms with Crippen LogP contribution in [0.3, 0.4) is 0 Å². The van der Waals surface area contributed by atoms with Crippen molar-refractivity contribution in [2.75, 3.05) is 13.2 Å².